The van der Waals surface area contributed by atoms with E-state index in [-0.39, 0.29) is 22.5 Å². The Morgan fingerprint density at radius 2 is 1.76 bits per heavy atom. The molecule has 10 nitrogen and oxygen atoms in total. The summed E-state index contributed by atoms with van der Waals surface area (Å²) in [7, 11) is 0. The number of thiocarbonyl (C=S) groups is 1. The standard InChI is InChI=1S/C27H29N5O5S/c1-18(2)16-25(33)31-14-12-30(13-15-31)21-8-6-20(7-9-21)28-27(38)29-26(34)24-11-10-23(37-24)19-4-3-5-22(17-19)32(35)36/h3-11,17-18H,12-16H2,1-2H3,(H2,28,29,34,38). The van der Waals surface area contributed by atoms with Crippen molar-refractivity contribution in [2.24, 2.45) is 5.92 Å². The Labute approximate surface area is 225 Å². The van der Waals surface area contributed by atoms with Gasteiger partial charge in [0.15, 0.2) is 10.9 Å². The van der Waals surface area contributed by atoms with Gasteiger partial charge in [-0.3, -0.25) is 25.0 Å². The van der Waals surface area contributed by atoms with Crippen molar-refractivity contribution >= 4 is 46.2 Å². The lowest BCUT2D eigenvalue weighted by Gasteiger charge is -2.36. The van der Waals surface area contributed by atoms with Gasteiger partial charge in [-0.1, -0.05) is 26.0 Å². The molecule has 1 saturated heterocycles. The highest BCUT2D eigenvalue weighted by Crippen LogP contribution is 2.26. The van der Waals surface area contributed by atoms with Crippen LogP contribution >= 0.6 is 12.2 Å². The predicted molar refractivity (Wildman–Crippen MR) is 149 cm³/mol. The summed E-state index contributed by atoms with van der Waals surface area (Å²) >= 11 is 5.28. The van der Waals surface area contributed by atoms with Gasteiger partial charge in [0.05, 0.1) is 4.92 Å². The number of rotatable bonds is 7. The number of carbonyl (C=O) groups excluding carboxylic acids is 2. The third-order valence-corrected chi connectivity index (χ3v) is 6.31. The highest BCUT2D eigenvalue weighted by atomic mass is 32.1. The zero-order valence-electron chi connectivity index (χ0n) is 21.2. The summed E-state index contributed by atoms with van der Waals surface area (Å²) in [4.78, 5) is 39.6. The highest BCUT2D eigenvalue weighted by Gasteiger charge is 2.22. The van der Waals surface area contributed by atoms with Gasteiger partial charge in [0.1, 0.15) is 5.76 Å². The van der Waals surface area contributed by atoms with Crippen molar-refractivity contribution in [2.45, 2.75) is 20.3 Å². The van der Waals surface area contributed by atoms with Crippen molar-refractivity contribution in [3.8, 4) is 11.3 Å². The summed E-state index contributed by atoms with van der Waals surface area (Å²) in [5.74, 6) is 0.384. The normalized spacial score (nSPS) is 13.3. The molecule has 198 valence electrons. The van der Waals surface area contributed by atoms with Crippen LogP contribution < -0.4 is 15.5 Å². The average molecular weight is 536 g/mol. The van der Waals surface area contributed by atoms with Crippen LogP contribution in [0.2, 0.25) is 0 Å². The zero-order chi connectivity index (χ0) is 27.2. The first-order valence-corrected chi connectivity index (χ1v) is 12.7. The van der Waals surface area contributed by atoms with E-state index in [0.717, 1.165) is 18.8 Å². The smallest absolute Gasteiger partial charge is 0.293 e. The summed E-state index contributed by atoms with van der Waals surface area (Å²) in [6.45, 7) is 7.06. The number of furan rings is 1. The second-order valence-corrected chi connectivity index (χ2v) is 9.80. The maximum Gasteiger partial charge on any atom is 0.293 e. The second kappa shape index (κ2) is 11.9. The number of nitrogens with zero attached hydrogens (tertiary/aromatic N) is 3. The number of piperazine rings is 1. The van der Waals surface area contributed by atoms with Crippen LogP contribution in [-0.4, -0.2) is 52.9 Å². The van der Waals surface area contributed by atoms with Crippen molar-refractivity contribution in [2.75, 3.05) is 36.4 Å². The number of non-ortho nitro benzene ring substituents is 1. The highest BCUT2D eigenvalue weighted by molar-refractivity contribution is 7.80. The molecule has 3 aromatic rings. The number of hydrogen-bond donors (Lipinski definition) is 2. The van der Waals surface area contributed by atoms with E-state index in [0.29, 0.717) is 42.4 Å². The first kappa shape index (κ1) is 26.8. The number of nitrogens with one attached hydrogen (secondary N) is 2. The molecule has 0 radical (unpaired) electrons. The fraction of sp³-hybridized carbons (Fsp3) is 0.296. The van der Waals surface area contributed by atoms with Gasteiger partial charge in [0.25, 0.3) is 11.6 Å². The van der Waals surface area contributed by atoms with Gasteiger partial charge < -0.3 is 19.5 Å². The van der Waals surface area contributed by atoms with Crippen LogP contribution in [0.3, 0.4) is 0 Å². The molecule has 0 spiro atoms. The maximum atomic E-state index is 12.6. The van der Waals surface area contributed by atoms with Gasteiger partial charge in [0.2, 0.25) is 5.91 Å². The molecule has 1 aliphatic heterocycles. The maximum absolute atomic E-state index is 12.6. The minimum absolute atomic E-state index is 0.0250. The van der Waals surface area contributed by atoms with E-state index in [1.165, 1.54) is 18.2 Å². The molecule has 1 fully saturated rings. The van der Waals surface area contributed by atoms with Crippen molar-refractivity contribution in [1.82, 2.24) is 10.2 Å². The number of anilines is 2. The van der Waals surface area contributed by atoms with E-state index in [2.05, 4.69) is 29.4 Å². The summed E-state index contributed by atoms with van der Waals surface area (Å²) in [6, 6.07) is 16.7. The Kier molecular flexibility index (Phi) is 8.37. The Balaban J connectivity index is 1.28. The SMILES string of the molecule is CC(C)CC(=O)N1CCN(c2ccc(NC(=S)NC(=O)c3ccc(-c4cccc([N+](=O)[O-])c4)o3)cc2)CC1. The third-order valence-electron chi connectivity index (χ3n) is 6.10. The molecule has 4 rings (SSSR count). The van der Waals surface area contributed by atoms with Gasteiger partial charge in [0, 0.05) is 61.7 Å². The molecule has 0 unspecified atom stereocenters. The Bertz CT molecular complexity index is 1330. The largest absolute Gasteiger partial charge is 0.451 e. The quantitative estimate of drug-likeness (QED) is 0.254. The molecule has 1 aromatic heterocycles. The van der Waals surface area contributed by atoms with Crippen LogP contribution in [0.5, 0.6) is 0 Å². The van der Waals surface area contributed by atoms with E-state index in [4.69, 9.17) is 16.6 Å². The number of carbonyl (C=O) groups is 2. The molecule has 0 aliphatic carbocycles. The average Bonchev–Trinajstić information content (AvgIpc) is 3.40. The zero-order valence-corrected chi connectivity index (χ0v) is 22.0. The number of amides is 2. The molecule has 2 N–H and O–H groups in total. The van der Waals surface area contributed by atoms with Crippen molar-refractivity contribution in [3.63, 3.8) is 0 Å². The minimum Gasteiger partial charge on any atom is -0.451 e. The fourth-order valence-electron chi connectivity index (χ4n) is 4.16. The predicted octanol–water partition coefficient (Wildman–Crippen LogP) is 4.68. The van der Waals surface area contributed by atoms with Gasteiger partial charge in [-0.25, -0.2) is 0 Å². The van der Waals surface area contributed by atoms with Crippen LogP contribution in [0.1, 0.15) is 30.8 Å². The van der Waals surface area contributed by atoms with Gasteiger partial charge in [-0.15, -0.1) is 0 Å². The Morgan fingerprint density at radius 1 is 1.05 bits per heavy atom. The van der Waals surface area contributed by atoms with E-state index in [1.54, 1.807) is 18.2 Å². The van der Waals surface area contributed by atoms with E-state index in [9.17, 15) is 19.7 Å². The number of benzene rings is 2. The van der Waals surface area contributed by atoms with E-state index < -0.39 is 10.8 Å². The van der Waals surface area contributed by atoms with Gasteiger partial charge in [-0.2, -0.15) is 0 Å². The van der Waals surface area contributed by atoms with Gasteiger partial charge in [-0.05, 0) is 54.5 Å². The summed E-state index contributed by atoms with van der Waals surface area (Å²) < 4.78 is 5.59. The molecule has 38 heavy (non-hydrogen) atoms. The first-order valence-electron chi connectivity index (χ1n) is 12.3. The number of nitro benzene ring substituents is 1. The summed E-state index contributed by atoms with van der Waals surface area (Å²) in [5, 5.41) is 16.7. The summed E-state index contributed by atoms with van der Waals surface area (Å²) in [6.07, 6.45) is 0.579. The fourth-order valence-corrected chi connectivity index (χ4v) is 4.37. The molecule has 2 aromatic carbocycles. The third kappa shape index (κ3) is 6.74. The number of nitro groups is 1. The van der Waals surface area contributed by atoms with E-state index >= 15 is 0 Å². The van der Waals surface area contributed by atoms with Crippen LogP contribution in [0, 0.1) is 16.0 Å². The minimum atomic E-state index is -0.541. The van der Waals surface area contributed by atoms with Gasteiger partial charge >= 0.3 is 0 Å². The summed E-state index contributed by atoms with van der Waals surface area (Å²) in [5.41, 5.74) is 2.18. The van der Waals surface area contributed by atoms with E-state index in [1.807, 2.05) is 29.2 Å². The molecule has 0 bridgehead atoms. The lowest BCUT2D eigenvalue weighted by molar-refractivity contribution is -0.384. The monoisotopic (exact) mass is 535 g/mol. The first-order chi connectivity index (χ1) is 18.2. The Hall–Kier alpha value is -4.25. The topological polar surface area (TPSA) is 121 Å². The lowest BCUT2D eigenvalue weighted by atomic mass is 10.1. The van der Waals surface area contributed by atoms with Crippen LogP contribution in [0.4, 0.5) is 17.1 Å². The van der Waals surface area contributed by atoms with Crippen molar-refractivity contribution < 1.29 is 18.9 Å². The lowest BCUT2D eigenvalue weighted by Crippen LogP contribution is -2.49. The van der Waals surface area contributed by atoms with Crippen LogP contribution in [0.25, 0.3) is 11.3 Å². The van der Waals surface area contributed by atoms with Crippen molar-refractivity contribution in [3.05, 3.63) is 76.5 Å². The molecular formula is C27H29N5O5S. The Morgan fingerprint density at radius 3 is 2.42 bits per heavy atom. The molecular weight excluding hydrogens is 506 g/mol. The van der Waals surface area contributed by atoms with Crippen LogP contribution in [0.15, 0.2) is 65.1 Å². The molecule has 2 amide bonds. The van der Waals surface area contributed by atoms with Crippen molar-refractivity contribution in [1.29, 1.82) is 0 Å². The van der Waals surface area contributed by atoms with Crippen LogP contribution in [-0.2, 0) is 4.79 Å². The molecule has 0 saturated carbocycles. The number of hydrogen-bond acceptors (Lipinski definition) is 7. The molecule has 2 heterocycles. The molecule has 0 atom stereocenters. The second-order valence-electron chi connectivity index (χ2n) is 9.39. The molecule has 11 heteroatoms. The molecule has 1 aliphatic rings.